The van der Waals surface area contributed by atoms with Crippen molar-refractivity contribution in [3.8, 4) is 5.75 Å². The minimum Gasteiger partial charge on any atom is -0.508 e. The molecule has 2 aromatic rings. The lowest BCUT2D eigenvalue weighted by Gasteiger charge is -2.50. The molecule has 2 N–H and O–H groups in total. The summed E-state index contributed by atoms with van der Waals surface area (Å²) in [6, 6.07) is 5.28. The van der Waals surface area contributed by atoms with Crippen LogP contribution in [0.15, 0.2) is 35.9 Å². The second kappa shape index (κ2) is 8.50. The van der Waals surface area contributed by atoms with E-state index in [-0.39, 0.29) is 22.6 Å². The number of phenolic OH excluding ortho intramolecular Hbond substituents is 1. The molecule has 4 aliphatic rings. The van der Waals surface area contributed by atoms with Gasteiger partial charge in [0.25, 0.3) is 11.8 Å². The molecule has 6 unspecified atom stereocenters. The van der Waals surface area contributed by atoms with Gasteiger partial charge in [-0.1, -0.05) is 23.8 Å². The third-order valence-corrected chi connectivity index (χ3v) is 9.68. The van der Waals surface area contributed by atoms with Crippen molar-refractivity contribution >= 4 is 52.5 Å². The topological polar surface area (TPSA) is 104 Å². The number of allylic oxidation sites excluding steroid dienone is 2. The summed E-state index contributed by atoms with van der Waals surface area (Å²) in [4.78, 5) is 47.6. The van der Waals surface area contributed by atoms with E-state index < -0.39 is 98.2 Å². The van der Waals surface area contributed by atoms with Crippen molar-refractivity contribution in [2.45, 2.75) is 28.5 Å². The van der Waals surface area contributed by atoms with Gasteiger partial charge in [-0.15, -0.1) is 23.2 Å². The number of phenols is 1. The first-order valence-electron chi connectivity index (χ1n) is 11.9. The van der Waals surface area contributed by atoms with Gasteiger partial charge in [0.05, 0.1) is 11.8 Å². The van der Waals surface area contributed by atoms with Crippen LogP contribution in [0, 0.1) is 46.8 Å². The average Bonchev–Trinajstić information content (AvgIpc) is 3.28. The maximum Gasteiger partial charge on any atom is 0.258 e. The van der Waals surface area contributed by atoms with Gasteiger partial charge in [0.1, 0.15) is 11.4 Å². The maximum absolute atomic E-state index is 14.9. The molecule has 6 rings (SSSR count). The Labute approximate surface area is 231 Å². The van der Waals surface area contributed by atoms with Crippen molar-refractivity contribution in [2.75, 3.05) is 4.90 Å². The number of hydrogen-bond donors (Lipinski definition) is 2. The standard InChI is InChI=1S/C26H15Cl2F5N2O5/c27-25-7-12-10(4-5-11-13(12)22(38)34-21(11)37)14(8-2-1-3-9(36)6-8)26(25,28)24(40)35(23(25)39)20-18(32)16(30)15(29)17(31)19(20)33/h1-4,6,11-14,36H,5,7H2,(H,34,37,38). The number of fused-ring (bicyclic) bond motifs is 4. The molecule has 1 saturated carbocycles. The number of anilines is 1. The summed E-state index contributed by atoms with van der Waals surface area (Å²) in [5, 5.41) is 12.4. The van der Waals surface area contributed by atoms with Crippen LogP contribution in [0.5, 0.6) is 5.75 Å². The summed E-state index contributed by atoms with van der Waals surface area (Å²) in [6.07, 6.45) is 1.00. The summed E-state index contributed by atoms with van der Waals surface area (Å²) in [5.74, 6) is -21.2. The Kier molecular flexibility index (Phi) is 5.67. The van der Waals surface area contributed by atoms with E-state index in [0.29, 0.717) is 5.57 Å². The maximum atomic E-state index is 14.9. The van der Waals surface area contributed by atoms with Crippen molar-refractivity contribution in [1.82, 2.24) is 5.32 Å². The number of halogens is 7. The van der Waals surface area contributed by atoms with E-state index in [4.69, 9.17) is 23.2 Å². The van der Waals surface area contributed by atoms with Gasteiger partial charge in [0.2, 0.25) is 17.6 Å². The molecule has 40 heavy (non-hydrogen) atoms. The van der Waals surface area contributed by atoms with E-state index in [1.165, 1.54) is 24.3 Å². The Hall–Kier alpha value is -3.51. The number of imide groups is 2. The molecular weight excluding hydrogens is 586 g/mol. The summed E-state index contributed by atoms with van der Waals surface area (Å²) in [5.41, 5.74) is -1.44. The van der Waals surface area contributed by atoms with E-state index in [0.717, 1.165) is 0 Å². The normalized spacial score (nSPS) is 33.0. The van der Waals surface area contributed by atoms with E-state index in [1.54, 1.807) is 6.08 Å². The highest BCUT2D eigenvalue weighted by molar-refractivity contribution is 6.58. The first-order valence-corrected chi connectivity index (χ1v) is 12.6. The predicted molar refractivity (Wildman–Crippen MR) is 128 cm³/mol. The minimum atomic E-state index is -2.62. The molecule has 4 amide bonds. The second-order valence-electron chi connectivity index (χ2n) is 10.1. The van der Waals surface area contributed by atoms with Gasteiger partial charge in [0.15, 0.2) is 33.0 Å². The molecule has 0 bridgehead atoms. The summed E-state index contributed by atoms with van der Waals surface area (Å²) >= 11 is 13.8. The number of carbonyl (C=O) groups excluding carboxylic acids is 4. The fourth-order valence-electron chi connectivity index (χ4n) is 6.56. The van der Waals surface area contributed by atoms with Gasteiger partial charge in [-0.2, -0.15) is 0 Å². The third-order valence-electron chi connectivity index (χ3n) is 8.27. The zero-order valence-electron chi connectivity index (χ0n) is 19.8. The summed E-state index contributed by atoms with van der Waals surface area (Å²) in [7, 11) is 0. The van der Waals surface area contributed by atoms with Crippen LogP contribution < -0.4 is 10.2 Å². The highest BCUT2D eigenvalue weighted by atomic mass is 35.5. The molecule has 3 fully saturated rings. The van der Waals surface area contributed by atoms with Crippen molar-refractivity contribution < 1.29 is 46.2 Å². The van der Waals surface area contributed by atoms with Gasteiger partial charge in [-0.3, -0.25) is 24.5 Å². The Morgan fingerprint density at radius 2 is 1.50 bits per heavy atom. The SMILES string of the molecule is O=C1NC(=O)C2C1CC=C1C2CC2(Cl)C(=O)N(c3c(F)c(F)c(F)c(F)c3F)C(=O)C2(Cl)C1c1cccc(O)c1. The second-order valence-corrected chi connectivity index (χ2v) is 11.4. The van der Waals surface area contributed by atoms with Crippen molar-refractivity contribution in [3.63, 3.8) is 0 Å². The first kappa shape index (κ1) is 26.7. The number of hydrogen-bond acceptors (Lipinski definition) is 5. The smallest absolute Gasteiger partial charge is 0.258 e. The molecule has 14 heteroatoms. The largest absolute Gasteiger partial charge is 0.508 e. The van der Waals surface area contributed by atoms with Crippen molar-refractivity contribution in [2.24, 2.45) is 17.8 Å². The molecule has 0 radical (unpaired) electrons. The third kappa shape index (κ3) is 3.11. The molecule has 2 saturated heterocycles. The molecule has 0 aromatic heterocycles. The van der Waals surface area contributed by atoms with Gasteiger partial charge < -0.3 is 5.11 Å². The minimum absolute atomic E-state index is 0.0368. The van der Waals surface area contributed by atoms with Gasteiger partial charge in [0, 0.05) is 5.92 Å². The highest BCUT2D eigenvalue weighted by Gasteiger charge is 2.77. The van der Waals surface area contributed by atoms with Crippen molar-refractivity contribution in [1.29, 1.82) is 0 Å². The number of benzene rings is 2. The Morgan fingerprint density at radius 3 is 2.12 bits per heavy atom. The Balaban J connectivity index is 1.61. The molecule has 2 aliphatic heterocycles. The first-order chi connectivity index (χ1) is 18.8. The molecular formula is C26H15Cl2F5N2O5. The number of rotatable bonds is 2. The quantitative estimate of drug-likeness (QED) is 0.136. The van der Waals surface area contributed by atoms with E-state index >= 15 is 0 Å². The van der Waals surface area contributed by atoms with Crippen LogP contribution in [0.2, 0.25) is 0 Å². The summed E-state index contributed by atoms with van der Waals surface area (Å²) < 4.78 is 71.8. The van der Waals surface area contributed by atoms with E-state index in [1.807, 2.05) is 0 Å². The predicted octanol–water partition coefficient (Wildman–Crippen LogP) is 3.94. The lowest BCUT2D eigenvalue weighted by Crippen LogP contribution is -2.60. The fourth-order valence-corrected chi connectivity index (χ4v) is 7.49. The number of carbonyl (C=O) groups is 4. The van der Waals surface area contributed by atoms with Crippen LogP contribution in [0.25, 0.3) is 0 Å². The van der Waals surface area contributed by atoms with Crippen LogP contribution in [-0.2, 0) is 19.2 Å². The van der Waals surface area contributed by atoms with Crippen molar-refractivity contribution in [3.05, 3.63) is 70.6 Å². The number of alkyl halides is 2. The molecule has 208 valence electrons. The summed E-state index contributed by atoms with van der Waals surface area (Å²) in [6.45, 7) is 0. The molecule has 6 atom stereocenters. The number of nitrogens with one attached hydrogen (secondary N) is 1. The number of aromatic hydroxyl groups is 1. The lowest BCUT2D eigenvalue weighted by atomic mass is 9.56. The van der Waals surface area contributed by atoms with Crippen LogP contribution in [0.3, 0.4) is 0 Å². The molecule has 7 nitrogen and oxygen atoms in total. The van der Waals surface area contributed by atoms with E-state index in [2.05, 4.69) is 5.32 Å². The Morgan fingerprint density at radius 1 is 0.875 bits per heavy atom. The fraction of sp³-hybridized carbons (Fsp3) is 0.308. The average molecular weight is 601 g/mol. The molecule has 2 aliphatic carbocycles. The number of amides is 4. The van der Waals surface area contributed by atoms with Gasteiger partial charge in [-0.05, 0) is 36.5 Å². The lowest BCUT2D eigenvalue weighted by molar-refractivity contribution is -0.127. The van der Waals surface area contributed by atoms with Crippen LogP contribution in [0.4, 0.5) is 27.6 Å². The van der Waals surface area contributed by atoms with Gasteiger partial charge >= 0.3 is 0 Å². The van der Waals surface area contributed by atoms with E-state index in [9.17, 15) is 46.2 Å². The monoisotopic (exact) mass is 600 g/mol. The molecule has 0 spiro atoms. The van der Waals surface area contributed by atoms with Gasteiger partial charge in [-0.25, -0.2) is 26.9 Å². The Bertz CT molecular complexity index is 1590. The van der Waals surface area contributed by atoms with Crippen LogP contribution in [-0.4, -0.2) is 38.5 Å². The van der Waals surface area contributed by atoms with Crippen LogP contribution in [0.1, 0.15) is 24.3 Å². The van der Waals surface area contributed by atoms with Crippen LogP contribution >= 0.6 is 23.2 Å². The molecule has 2 aromatic carbocycles. The highest BCUT2D eigenvalue weighted by Crippen LogP contribution is 2.65. The zero-order chi connectivity index (χ0) is 29.0. The zero-order valence-corrected chi connectivity index (χ0v) is 21.3. The number of nitrogens with zero attached hydrogens (tertiary/aromatic N) is 1. The molecule has 2 heterocycles.